The second kappa shape index (κ2) is 7.70. The molecule has 124 valence electrons. The van der Waals surface area contributed by atoms with Gasteiger partial charge in [0.1, 0.15) is 0 Å². The van der Waals surface area contributed by atoms with Crippen LogP contribution in [0.5, 0.6) is 0 Å². The first-order valence-corrected chi connectivity index (χ1v) is 7.69. The molecule has 6 heteroatoms. The summed E-state index contributed by atoms with van der Waals surface area (Å²) in [5.74, 6) is -0.803. The fourth-order valence-corrected chi connectivity index (χ4v) is 2.28. The van der Waals surface area contributed by atoms with Crippen LogP contribution in [0.2, 0.25) is 0 Å². The zero-order valence-corrected chi connectivity index (χ0v) is 14.5. The van der Waals surface area contributed by atoms with E-state index in [1.807, 2.05) is 32.0 Å². The summed E-state index contributed by atoms with van der Waals surface area (Å²) in [6, 6.07) is 12.1. The van der Waals surface area contributed by atoms with Crippen LogP contribution in [-0.4, -0.2) is 24.1 Å². The molecule has 0 spiro atoms. The Morgan fingerprint density at radius 2 is 1.62 bits per heavy atom. The number of nitrogens with one attached hydrogen (secondary N) is 2. The molecular formula is C18H18N2O3S. The van der Waals surface area contributed by atoms with E-state index < -0.39 is 5.97 Å². The number of thiocarbonyl (C=S) groups is 1. The highest BCUT2D eigenvalue weighted by Crippen LogP contribution is 2.16. The highest BCUT2D eigenvalue weighted by Gasteiger charge is 2.11. The summed E-state index contributed by atoms with van der Waals surface area (Å²) in [6.45, 7) is 3.94. The molecule has 0 aliphatic carbocycles. The summed E-state index contributed by atoms with van der Waals surface area (Å²) < 4.78 is 4.62. The molecule has 24 heavy (non-hydrogen) atoms. The van der Waals surface area contributed by atoms with Crippen LogP contribution in [0, 0.1) is 13.8 Å². The van der Waals surface area contributed by atoms with Gasteiger partial charge in [0.05, 0.1) is 12.7 Å². The van der Waals surface area contributed by atoms with Gasteiger partial charge < -0.3 is 10.1 Å². The SMILES string of the molecule is COC(=O)c1ccc(C(=O)NC(=S)Nc2cc(C)ccc2C)cc1. The maximum absolute atomic E-state index is 12.2. The number of ether oxygens (including phenoxy) is 1. The Morgan fingerprint density at radius 3 is 2.25 bits per heavy atom. The lowest BCUT2D eigenvalue weighted by molar-refractivity contribution is 0.0600. The molecule has 0 aliphatic heterocycles. The molecule has 2 rings (SSSR count). The lowest BCUT2D eigenvalue weighted by atomic mass is 10.1. The third kappa shape index (κ3) is 4.39. The van der Waals surface area contributed by atoms with Crippen molar-refractivity contribution in [2.75, 3.05) is 12.4 Å². The van der Waals surface area contributed by atoms with Crippen molar-refractivity contribution < 1.29 is 14.3 Å². The van der Waals surface area contributed by atoms with Crippen molar-refractivity contribution in [3.63, 3.8) is 0 Å². The number of hydrogen-bond donors (Lipinski definition) is 2. The topological polar surface area (TPSA) is 67.4 Å². The van der Waals surface area contributed by atoms with Crippen LogP contribution in [0.4, 0.5) is 5.69 Å². The van der Waals surface area contributed by atoms with Gasteiger partial charge in [-0.25, -0.2) is 4.79 Å². The molecule has 2 aromatic carbocycles. The summed E-state index contributed by atoms with van der Waals surface area (Å²) in [5.41, 5.74) is 3.74. The fraction of sp³-hybridized carbons (Fsp3) is 0.167. The van der Waals surface area contributed by atoms with E-state index in [0.29, 0.717) is 11.1 Å². The van der Waals surface area contributed by atoms with Crippen molar-refractivity contribution in [2.45, 2.75) is 13.8 Å². The molecule has 0 radical (unpaired) electrons. The van der Waals surface area contributed by atoms with Gasteiger partial charge in [-0.15, -0.1) is 0 Å². The first-order valence-electron chi connectivity index (χ1n) is 7.28. The molecule has 0 heterocycles. The number of methoxy groups -OCH3 is 1. The summed E-state index contributed by atoms with van der Waals surface area (Å²) in [5, 5.41) is 5.85. The van der Waals surface area contributed by atoms with Crippen molar-refractivity contribution in [2.24, 2.45) is 0 Å². The van der Waals surface area contributed by atoms with Crippen LogP contribution >= 0.6 is 12.2 Å². The number of hydrogen-bond acceptors (Lipinski definition) is 4. The standard InChI is InChI=1S/C18H18N2O3S/c1-11-4-5-12(2)15(10-11)19-18(24)20-16(21)13-6-8-14(9-7-13)17(22)23-3/h4-10H,1-3H3,(H2,19,20,21,24). The van der Waals surface area contributed by atoms with Gasteiger partial charge in [-0.3, -0.25) is 10.1 Å². The molecule has 0 unspecified atom stereocenters. The maximum Gasteiger partial charge on any atom is 0.337 e. The van der Waals surface area contributed by atoms with E-state index in [0.717, 1.165) is 16.8 Å². The summed E-state index contributed by atoms with van der Waals surface area (Å²) in [6.07, 6.45) is 0. The molecule has 0 saturated heterocycles. The van der Waals surface area contributed by atoms with Crippen LogP contribution in [-0.2, 0) is 4.74 Å². The van der Waals surface area contributed by atoms with E-state index in [1.54, 1.807) is 12.1 Å². The molecule has 0 saturated carbocycles. The van der Waals surface area contributed by atoms with E-state index in [2.05, 4.69) is 15.4 Å². The molecule has 5 nitrogen and oxygen atoms in total. The molecule has 2 aromatic rings. The highest BCUT2D eigenvalue weighted by atomic mass is 32.1. The molecule has 0 fully saturated rings. The predicted octanol–water partition coefficient (Wildman–Crippen LogP) is 3.22. The number of amides is 1. The summed E-state index contributed by atoms with van der Waals surface area (Å²) >= 11 is 5.18. The molecule has 0 bridgehead atoms. The third-order valence-electron chi connectivity index (χ3n) is 3.44. The van der Waals surface area contributed by atoms with Crippen LogP contribution in [0.25, 0.3) is 0 Å². The number of rotatable bonds is 3. The first-order chi connectivity index (χ1) is 11.4. The Morgan fingerprint density at radius 1 is 1.00 bits per heavy atom. The summed E-state index contributed by atoms with van der Waals surface area (Å²) in [4.78, 5) is 23.6. The van der Waals surface area contributed by atoms with Crippen LogP contribution in [0.3, 0.4) is 0 Å². The molecule has 2 N–H and O–H groups in total. The minimum absolute atomic E-state index is 0.214. The minimum atomic E-state index is -0.450. The van der Waals surface area contributed by atoms with Crippen molar-refractivity contribution in [3.8, 4) is 0 Å². The lowest BCUT2D eigenvalue weighted by Crippen LogP contribution is -2.34. The first kappa shape index (κ1) is 17.6. The Balaban J connectivity index is 2.02. The zero-order valence-electron chi connectivity index (χ0n) is 13.7. The monoisotopic (exact) mass is 342 g/mol. The molecule has 0 aromatic heterocycles. The third-order valence-corrected chi connectivity index (χ3v) is 3.64. The zero-order chi connectivity index (χ0) is 17.7. The molecule has 0 aliphatic rings. The second-order valence-electron chi connectivity index (χ2n) is 5.30. The van der Waals surface area contributed by atoms with Gasteiger partial charge in [-0.2, -0.15) is 0 Å². The highest BCUT2D eigenvalue weighted by molar-refractivity contribution is 7.80. The molecule has 1 amide bonds. The maximum atomic E-state index is 12.2. The summed E-state index contributed by atoms with van der Waals surface area (Å²) in [7, 11) is 1.31. The average molecular weight is 342 g/mol. The van der Waals surface area contributed by atoms with Gasteiger partial charge in [0, 0.05) is 11.3 Å². The minimum Gasteiger partial charge on any atom is -0.465 e. The van der Waals surface area contributed by atoms with Crippen molar-refractivity contribution in [1.29, 1.82) is 0 Å². The fourth-order valence-electron chi connectivity index (χ4n) is 2.07. The van der Waals surface area contributed by atoms with Crippen molar-refractivity contribution >= 4 is 34.9 Å². The number of aryl methyl sites for hydroxylation is 2. The second-order valence-corrected chi connectivity index (χ2v) is 5.70. The smallest absolute Gasteiger partial charge is 0.337 e. The van der Waals surface area contributed by atoms with Gasteiger partial charge in [0.15, 0.2) is 5.11 Å². The van der Waals surface area contributed by atoms with E-state index in [9.17, 15) is 9.59 Å². The van der Waals surface area contributed by atoms with Crippen LogP contribution < -0.4 is 10.6 Å². The lowest BCUT2D eigenvalue weighted by Gasteiger charge is -2.12. The molecular weight excluding hydrogens is 324 g/mol. The Hall–Kier alpha value is -2.73. The van der Waals surface area contributed by atoms with Gasteiger partial charge >= 0.3 is 5.97 Å². The largest absolute Gasteiger partial charge is 0.465 e. The number of benzene rings is 2. The number of carbonyl (C=O) groups excluding carboxylic acids is 2. The molecule has 0 atom stereocenters. The van der Waals surface area contributed by atoms with Crippen LogP contribution in [0.1, 0.15) is 31.8 Å². The Kier molecular flexibility index (Phi) is 5.65. The van der Waals surface area contributed by atoms with E-state index >= 15 is 0 Å². The van der Waals surface area contributed by atoms with Gasteiger partial charge in [0.2, 0.25) is 0 Å². The van der Waals surface area contributed by atoms with Gasteiger partial charge in [-0.05, 0) is 67.5 Å². The van der Waals surface area contributed by atoms with Gasteiger partial charge in [-0.1, -0.05) is 12.1 Å². The van der Waals surface area contributed by atoms with E-state index in [1.165, 1.54) is 19.2 Å². The Bertz CT molecular complexity index is 785. The number of esters is 1. The van der Waals surface area contributed by atoms with Crippen molar-refractivity contribution in [3.05, 3.63) is 64.7 Å². The Labute approximate surface area is 146 Å². The van der Waals surface area contributed by atoms with Gasteiger partial charge in [0.25, 0.3) is 5.91 Å². The number of anilines is 1. The predicted molar refractivity (Wildman–Crippen MR) is 97.4 cm³/mol. The van der Waals surface area contributed by atoms with Crippen LogP contribution in [0.15, 0.2) is 42.5 Å². The quantitative estimate of drug-likeness (QED) is 0.662. The van der Waals surface area contributed by atoms with E-state index in [4.69, 9.17) is 12.2 Å². The average Bonchev–Trinajstić information content (AvgIpc) is 2.57. The number of carbonyl (C=O) groups is 2. The van der Waals surface area contributed by atoms with Crippen molar-refractivity contribution in [1.82, 2.24) is 5.32 Å². The van der Waals surface area contributed by atoms with E-state index in [-0.39, 0.29) is 11.0 Å². The normalized spacial score (nSPS) is 9.96.